The molecule has 1 aromatic carbocycles. The topological polar surface area (TPSA) is 72.6 Å². The largest absolute Gasteiger partial charge is 0.495 e. The molecule has 0 spiro atoms. The minimum Gasteiger partial charge on any atom is -0.495 e. The minimum absolute atomic E-state index is 0.139. The Hall–Kier alpha value is -2.01. The normalized spacial score (nSPS) is 10.5. The summed E-state index contributed by atoms with van der Waals surface area (Å²) >= 11 is 6.13. The number of carboxylic acid groups (broad SMARTS) is 1. The third-order valence-corrected chi connectivity index (χ3v) is 3.00. The zero-order valence-electron chi connectivity index (χ0n) is 10.4. The number of ether oxygens (including phenoxy) is 1. The second-order valence-corrected chi connectivity index (χ2v) is 4.29. The molecular formula is C13H12ClNO4. The number of methoxy groups -OCH3 is 1. The molecule has 0 saturated heterocycles. The van der Waals surface area contributed by atoms with Crippen LogP contribution in [0.15, 0.2) is 22.7 Å². The molecule has 2 rings (SSSR count). The van der Waals surface area contributed by atoms with Gasteiger partial charge in [0.2, 0.25) is 0 Å². The van der Waals surface area contributed by atoms with Crippen molar-refractivity contribution in [3.8, 4) is 17.1 Å². The van der Waals surface area contributed by atoms with E-state index in [4.69, 9.17) is 26.0 Å². The van der Waals surface area contributed by atoms with Crippen molar-refractivity contribution >= 4 is 17.6 Å². The van der Waals surface area contributed by atoms with Gasteiger partial charge in [0, 0.05) is 11.6 Å². The lowest BCUT2D eigenvalue weighted by Gasteiger charge is -2.10. The Bertz CT molecular complexity index is 621. The van der Waals surface area contributed by atoms with Gasteiger partial charge in [0.25, 0.3) is 0 Å². The third-order valence-electron chi connectivity index (χ3n) is 2.72. The van der Waals surface area contributed by atoms with Crippen LogP contribution in [0.4, 0.5) is 0 Å². The van der Waals surface area contributed by atoms with Gasteiger partial charge in [-0.3, -0.25) is 0 Å². The van der Waals surface area contributed by atoms with E-state index in [-0.39, 0.29) is 5.69 Å². The molecule has 5 nitrogen and oxygen atoms in total. The van der Waals surface area contributed by atoms with E-state index >= 15 is 0 Å². The molecule has 1 heterocycles. The van der Waals surface area contributed by atoms with E-state index in [0.717, 1.165) is 12.0 Å². The Kier molecular flexibility index (Phi) is 3.76. The SMILES string of the molecule is CCc1cc(-c2cc(C(=O)O)no2)cc(Cl)c1OC. The molecule has 0 amide bonds. The number of halogens is 1. The number of carbonyl (C=O) groups is 1. The summed E-state index contributed by atoms with van der Waals surface area (Å²) in [7, 11) is 1.55. The molecule has 0 unspecified atom stereocenters. The monoisotopic (exact) mass is 281 g/mol. The molecule has 0 atom stereocenters. The Morgan fingerprint density at radius 1 is 1.47 bits per heavy atom. The van der Waals surface area contributed by atoms with Crippen molar-refractivity contribution in [2.24, 2.45) is 0 Å². The van der Waals surface area contributed by atoms with Crippen LogP contribution in [0.1, 0.15) is 23.0 Å². The van der Waals surface area contributed by atoms with Gasteiger partial charge < -0.3 is 14.4 Å². The summed E-state index contributed by atoms with van der Waals surface area (Å²) in [6.07, 6.45) is 0.733. The van der Waals surface area contributed by atoms with E-state index in [0.29, 0.717) is 22.1 Å². The molecule has 2 aromatic rings. The van der Waals surface area contributed by atoms with Crippen LogP contribution >= 0.6 is 11.6 Å². The van der Waals surface area contributed by atoms with Crippen molar-refractivity contribution in [2.75, 3.05) is 7.11 Å². The van der Waals surface area contributed by atoms with Crippen LogP contribution < -0.4 is 4.74 Å². The molecule has 100 valence electrons. The lowest BCUT2D eigenvalue weighted by atomic mass is 10.1. The van der Waals surface area contributed by atoms with Crippen LogP contribution in [0.2, 0.25) is 5.02 Å². The first-order valence-corrected chi connectivity index (χ1v) is 6.01. The lowest BCUT2D eigenvalue weighted by Crippen LogP contribution is -1.94. The Labute approximate surface area is 114 Å². The summed E-state index contributed by atoms with van der Waals surface area (Å²) < 4.78 is 10.2. The zero-order valence-corrected chi connectivity index (χ0v) is 11.2. The fraction of sp³-hybridized carbons (Fsp3) is 0.231. The standard InChI is InChI=1S/C13H12ClNO4/c1-3-7-4-8(5-9(14)12(7)18-2)11-6-10(13(16)17)15-19-11/h4-6H,3H2,1-2H3,(H,16,17). The van der Waals surface area contributed by atoms with Gasteiger partial charge in [0.15, 0.2) is 11.5 Å². The highest BCUT2D eigenvalue weighted by atomic mass is 35.5. The number of hydrogen-bond donors (Lipinski definition) is 1. The summed E-state index contributed by atoms with van der Waals surface area (Å²) in [6.45, 7) is 1.97. The van der Waals surface area contributed by atoms with Gasteiger partial charge in [-0.2, -0.15) is 0 Å². The highest BCUT2D eigenvalue weighted by Crippen LogP contribution is 2.34. The molecule has 0 fully saturated rings. The number of benzene rings is 1. The molecule has 1 N–H and O–H groups in total. The first kappa shape index (κ1) is 13.4. The van der Waals surface area contributed by atoms with Gasteiger partial charge in [-0.15, -0.1) is 0 Å². The van der Waals surface area contributed by atoms with Gasteiger partial charge in [-0.1, -0.05) is 23.7 Å². The molecular weight excluding hydrogens is 270 g/mol. The van der Waals surface area contributed by atoms with Crippen LogP contribution in [-0.2, 0) is 6.42 Å². The summed E-state index contributed by atoms with van der Waals surface area (Å²) in [5.41, 5.74) is 1.45. The van der Waals surface area contributed by atoms with Gasteiger partial charge in [0.1, 0.15) is 5.75 Å². The molecule has 0 radical (unpaired) electrons. The maximum atomic E-state index is 10.8. The molecule has 19 heavy (non-hydrogen) atoms. The van der Waals surface area contributed by atoms with E-state index in [2.05, 4.69) is 5.16 Å². The number of rotatable bonds is 4. The maximum absolute atomic E-state index is 10.8. The average Bonchev–Trinajstić information content (AvgIpc) is 2.87. The van der Waals surface area contributed by atoms with E-state index in [1.165, 1.54) is 6.07 Å². The van der Waals surface area contributed by atoms with Crippen molar-refractivity contribution < 1.29 is 19.2 Å². The van der Waals surface area contributed by atoms with Crippen molar-refractivity contribution in [2.45, 2.75) is 13.3 Å². The van der Waals surface area contributed by atoms with Crippen molar-refractivity contribution in [1.29, 1.82) is 0 Å². The second kappa shape index (κ2) is 5.32. The predicted molar refractivity (Wildman–Crippen MR) is 69.8 cm³/mol. The fourth-order valence-corrected chi connectivity index (χ4v) is 2.11. The number of aryl methyl sites for hydroxylation is 1. The van der Waals surface area contributed by atoms with Gasteiger partial charge in [-0.05, 0) is 24.1 Å². The number of aromatic carboxylic acids is 1. The first-order chi connectivity index (χ1) is 9.06. The van der Waals surface area contributed by atoms with Crippen molar-refractivity contribution in [3.05, 3.63) is 34.5 Å². The number of aromatic nitrogens is 1. The van der Waals surface area contributed by atoms with E-state index < -0.39 is 5.97 Å². The van der Waals surface area contributed by atoms with Gasteiger partial charge >= 0.3 is 5.97 Å². The Morgan fingerprint density at radius 3 is 2.74 bits per heavy atom. The molecule has 6 heteroatoms. The summed E-state index contributed by atoms with van der Waals surface area (Å²) in [5.74, 6) is -0.159. The van der Waals surface area contributed by atoms with Crippen LogP contribution in [0.3, 0.4) is 0 Å². The number of nitrogens with zero attached hydrogens (tertiary/aromatic N) is 1. The molecule has 1 aromatic heterocycles. The minimum atomic E-state index is -1.13. The second-order valence-electron chi connectivity index (χ2n) is 3.89. The van der Waals surface area contributed by atoms with Crippen LogP contribution in [0, 0.1) is 0 Å². The molecule has 0 saturated carbocycles. The highest BCUT2D eigenvalue weighted by molar-refractivity contribution is 6.32. The van der Waals surface area contributed by atoms with Crippen LogP contribution in [-0.4, -0.2) is 23.3 Å². The third kappa shape index (κ3) is 2.56. The van der Waals surface area contributed by atoms with Crippen molar-refractivity contribution in [3.63, 3.8) is 0 Å². The van der Waals surface area contributed by atoms with Crippen molar-refractivity contribution in [1.82, 2.24) is 5.16 Å². The number of carboxylic acids is 1. The average molecular weight is 282 g/mol. The summed E-state index contributed by atoms with van der Waals surface area (Å²) in [4.78, 5) is 10.8. The first-order valence-electron chi connectivity index (χ1n) is 5.63. The number of hydrogen-bond acceptors (Lipinski definition) is 4. The van der Waals surface area contributed by atoms with Gasteiger partial charge in [0.05, 0.1) is 12.1 Å². The van der Waals surface area contributed by atoms with Gasteiger partial charge in [-0.25, -0.2) is 4.79 Å². The van der Waals surface area contributed by atoms with E-state index in [1.807, 2.05) is 13.0 Å². The van der Waals surface area contributed by atoms with E-state index in [1.54, 1.807) is 13.2 Å². The molecule has 0 bridgehead atoms. The smallest absolute Gasteiger partial charge is 0.358 e. The predicted octanol–water partition coefficient (Wildman–Crippen LogP) is 3.26. The maximum Gasteiger partial charge on any atom is 0.358 e. The Morgan fingerprint density at radius 2 is 2.21 bits per heavy atom. The quantitative estimate of drug-likeness (QED) is 0.931. The Balaban J connectivity index is 2.50. The molecule has 0 aliphatic heterocycles. The summed E-state index contributed by atoms with van der Waals surface area (Å²) in [6, 6.07) is 4.86. The highest BCUT2D eigenvalue weighted by Gasteiger charge is 2.15. The molecule has 0 aliphatic rings. The van der Waals surface area contributed by atoms with Crippen LogP contribution in [0.25, 0.3) is 11.3 Å². The fourth-order valence-electron chi connectivity index (χ4n) is 1.80. The lowest BCUT2D eigenvalue weighted by molar-refractivity contribution is 0.0686. The molecule has 0 aliphatic carbocycles. The van der Waals surface area contributed by atoms with Crippen LogP contribution in [0.5, 0.6) is 5.75 Å². The van der Waals surface area contributed by atoms with E-state index in [9.17, 15) is 4.79 Å². The zero-order chi connectivity index (χ0) is 14.0. The summed E-state index contributed by atoms with van der Waals surface area (Å²) in [5, 5.41) is 12.7.